The Morgan fingerprint density at radius 1 is 1.17 bits per heavy atom. The third-order valence-corrected chi connectivity index (χ3v) is 5.70. The van der Waals surface area contributed by atoms with E-state index in [-0.39, 0.29) is 23.3 Å². The summed E-state index contributed by atoms with van der Waals surface area (Å²) in [6.45, 7) is 1.91. The van der Waals surface area contributed by atoms with Crippen molar-refractivity contribution in [3.8, 4) is 11.4 Å². The van der Waals surface area contributed by atoms with Crippen LogP contribution in [0.15, 0.2) is 52.6 Å². The fourth-order valence-corrected chi connectivity index (χ4v) is 3.90. The highest BCUT2D eigenvalue weighted by atomic mass is 35.5. The number of anilines is 1. The van der Waals surface area contributed by atoms with Crippen molar-refractivity contribution >= 4 is 28.1 Å². The van der Waals surface area contributed by atoms with Gasteiger partial charge in [-0.15, -0.1) is 0 Å². The number of halogens is 5. The SMILES string of the molecule is CC(CCCn1ccc2cc(-c3ncc(Cl)cn3)c(F)cc2c1=O)Nc1cn[nH]c(=O)c1C(F)(F)F. The van der Waals surface area contributed by atoms with Crippen molar-refractivity contribution in [2.24, 2.45) is 0 Å². The second kappa shape index (κ2) is 10.1. The molecular weight excluding hydrogens is 504 g/mol. The minimum absolute atomic E-state index is 0.128. The molecule has 2 N–H and O–H groups in total. The Labute approximate surface area is 206 Å². The van der Waals surface area contributed by atoms with Gasteiger partial charge >= 0.3 is 6.18 Å². The number of nitrogens with zero attached hydrogens (tertiary/aromatic N) is 4. The number of hydrogen-bond acceptors (Lipinski definition) is 6. The van der Waals surface area contributed by atoms with Gasteiger partial charge in [-0.1, -0.05) is 11.6 Å². The highest BCUT2D eigenvalue weighted by Crippen LogP contribution is 2.32. The van der Waals surface area contributed by atoms with Crippen LogP contribution in [-0.4, -0.2) is 30.8 Å². The number of rotatable bonds is 7. The van der Waals surface area contributed by atoms with Crippen molar-refractivity contribution in [3.63, 3.8) is 0 Å². The lowest BCUT2D eigenvalue weighted by atomic mass is 10.1. The molecule has 1 aromatic carbocycles. The summed E-state index contributed by atoms with van der Waals surface area (Å²) >= 11 is 5.78. The molecule has 0 aliphatic carbocycles. The summed E-state index contributed by atoms with van der Waals surface area (Å²) in [7, 11) is 0. The summed E-state index contributed by atoms with van der Waals surface area (Å²) in [4.78, 5) is 32.5. The monoisotopic (exact) mass is 522 g/mol. The highest BCUT2D eigenvalue weighted by molar-refractivity contribution is 6.30. The maximum atomic E-state index is 14.7. The smallest absolute Gasteiger partial charge is 0.381 e. The maximum absolute atomic E-state index is 14.7. The van der Waals surface area contributed by atoms with Crippen molar-refractivity contribution in [3.05, 3.63) is 80.1 Å². The zero-order valence-corrected chi connectivity index (χ0v) is 19.5. The van der Waals surface area contributed by atoms with Crippen LogP contribution in [0.2, 0.25) is 5.02 Å². The van der Waals surface area contributed by atoms with Gasteiger partial charge in [-0.25, -0.2) is 19.5 Å². The number of H-pyrrole nitrogens is 1. The van der Waals surface area contributed by atoms with Crippen molar-refractivity contribution in [2.45, 2.75) is 38.5 Å². The van der Waals surface area contributed by atoms with Gasteiger partial charge in [0.1, 0.15) is 11.4 Å². The zero-order valence-electron chi connectivity index (χ0n) is 18.7. The lowest BCUT2D eigenvalue weighted by molar-refractivity contribution is -0.138. The van der Waals surface area contributed by atoms with Crippen LogP contribution in [0.5, 0.6) is 0 Å². The number of fused-ring (bicyclic) bond motifs is 1. The molecule has 13 heteroatoms. The molecule has 4 rings (SSSR count). The van der Waals surface area contributed by atoms with Crippen LogP contribution in [0, 0.1) is 5.82 Å². The molecule has 8 nitrogen and oxygen atoms in total. The van der Waals surface area contributed by atoms with Gasteiger partial charge in [0.25, 0.3) is 11.1 Å². The van der Waals surface area contributed by atoms with Gasteiger partial charge < -0.3 is 9.88 Å². The van der Waals surface area contributed by atoms with Crippen LogP contribution in [0.25, 0.3) is 22.2 Å². The summed E-state index contributed by atoms with van der Waals surface area (Å²) in [5.41, 5.74) is -3.38. The van der Waals surface area contributed by atoms with E-state index in [9.17, 15) is 27.2 Å². The standard InChI is InChI=1S/C23H19ClF4N6O2/c1-12(32-18-11-31-33-21(35)19(18)23(26,27)28)3-2-5-34-6-4-13-7-16(17(25)8-15(13)22(34)36)20-29-9-14(24)10-30-20/h4,6-12H,2-3,5H2,1H3,(H2,32,33,35). The van der Waals surface area contributed by atoms with E-state index in [4.69, 9.17) is 11.6 Å². The Hall–Kier alpha value is -3.80. The summed E-state index contributed by atoms with van der Waals surface area (Å²) < 4.78 is 55.8. The predicted octanol–water partition coefficient (Wildman–Crippen LogP) is 4.63. The maximum Gasteiger partial charge on any atom is 0.423 e. The van der Waals surface area contributed by atoms with Crippen molar-refractivity contribution in [1.29, 1.82) is 0 Å². The summed E-state index contributed by atoms with van der Waals surface area (Å²) in [6, 6.07) is 3.82. The fourth-order valence-electron chi connectivity index (χ4n) is 3.80. The minimum atomic E-state index is -4.84. The molecule has 0 amide bonds. The van der Waals surface area contributed by atoms with Crippen LogP contribution < -0.4 is 16.4 Å². The van der Waals surface area contributed by atoms with E-state index in [2.05, 4.69) is 20.4 Å². The Bertz CT molecular complexity index is 1520. The molecule has 0 fully saturated rings. The average Bonchev–Trinajstić information content (AvgIpc) is 2.80. The molecule has 1 unspecified atom stereocenters. The summed E-state index contributed by atoms with van der Waals surface area (Å²) in [5.74, 6) is -0.529. The lowest BCUT2D eigenvalue weighted by Crippen LogP contribution is -2.27. The number of pyridine rings is 1. The summed E-state index contributed by atoms with van der Waals surface area (Å²) in [5, 5.41) is 8.85. The second-order valence-electron chi connectivity index (χ2n) is 8.13. The van der Waals surface area contributed by atoms with E-state index in [1.807, 2.05) is 0 Å². The number of aromatic nitrogens is 5. The quantitative estimate of drug-likeness (QED) is 0.343. The second-order valence-corrected chi connectivity index (χ2v) is 8.57. The van der Waals surface area contributed by atoms with Crippen LogP contribution in [0.3, 0.4) is 0 Å². The van der Waals surface area contributed by atoms with Gasteiger partial charge in [0, 0.05) is 31.2 Å². The molecule has 3 aromatic heterocycles. The minimum Gasteiger partial charge on any atom is -0.381 e. The van der Waals surface area contributed by atoms with Crippen LogP contribution >= 0.6 is 11.6 Å². The van der Waals surface area contributed by atoms with E-state index >= 15 is 0 Å². The molecular formula is C23H19ClF4N6O2. The molecule has 3 heterocycles. The Morgan fingerprint density at radius 3 is 2.58 bits per heavy atom. The summed E-state index contributed by atoms with van der Waals surface area (Å²) in [6.07, 6.45) is 1.13. The molecule has 4 aromatic rings. The first-order chi connectivity index (χ1) is 17.0. The first-order valence-electron chi connectivity index (χ1n) is 10.8. The first-order valence-corrected chi connectivity index (χ1v) is 11.1. The largest absolute Gasteiger partial charge is 0.423 e. The molecule has 1 atom stereocenters. The predicted molar refractivity (Wildman–Crippen MR) is 126 cm³/mol. The van der Waals surface area contributed by atoms with E-state index in [1.54, 1.807) is 24.3 Å². The highest BCUT2D eigenvalue weighted by Gasteiger charge is 2.37. The first kappa shape index (κ1) is 25.3. The Balaban J connectivity index is 1.47. The van der Waals surface area contributed by atoms with Crippen LogP contribution in [0.1, 0.15) is 25.3 Å². The molecule has 0 bridgehead atoms. The molecule has 0 radical (unpaired) electrons. The molecule has 0 saturated carbocycles. The molecule has 0 saturated heterocycles. The number of aromatic amines is 1. The number of aryl methyl sites for hydroxylation is 1. The Morgan fingerprint density at radius 2 is 1.89 bits per heavy atom. The van der Waals surface area contributed by atoms with Crippen molar-refractivity contribution < 1.29 is 17.6 Å². The van der Waals surface area contributed by atoms with Gasteiger partial charge in [0.05, 0.1) is 27.9 Å². The normalized spacial score (nSPS) is 12.6. The number of benzene rings is 1. The van der Waals surface area contributed by atoms with Gasteiger partial charge in [0.2, 0.25) is 0 Å². The van der Waals surface area contributed by atoms with E-state index < -0.39 is 40.4 Å². The van der Waals surface area contributed by atoms with E-state index in [0.717, 1.165) is 12.3 Å². The van der Waals surface area contributed by atoms with Crippen molar-refractivity contribution in [1.82, 2.24) is 24.7 Å². The number of alkyl halides is 3. The number of nitrogens with one attached hydrogen (secondary N) is 2. The molecule has 36 heavy (non-hydrogen) atoms. The molecule has 0 aliphatic heterocycles. The van der Waals surface area contributed by atoms with Gasteiger partial charge in [0.15, 0.2) is 5.82 Å². The molecule has 0 aliphatic rings. The Kier molecular flexibility index (Phi) is 7.07. The third-order valence-electron chi connectivity index (χ3n) is 5.50. The van der Waals surface area contributed by atoms with E-state index in [0.29, 0.717) is 23.3 Å². The fraction of sp³-hybridized carbons (Fsp3) is 0.261. The van der Waals surface area contributed by atoms with Gasteiger partial charge in [-0.3, -0.25) is 9.59 Å². The van der Waals surface area contributed by atoms with E-state index in [1.165, 1.54) is 23.0 Å². The zero-order chi connectivity index (χ0) is 26.0. The van der Waals surface area contributed by atoms with Gasteiger partial charge in [-0.2, -0.15) is 18.3 Å². The van der Waals surface area contributed by atoms with Crippen LogP contribution in [0.4, 0.5) is 23.2 Å². The van der Waals surface area contributed by atoms with Crippen LogP contribution in [-0.2, 0) is 12.7 Å². The lowest BCUT2D eigenvalue weighted by Gasteiger charge is -2.18. The molecule has 0 spiro atoms. The number of hydrogen-bond donors (Lipinski definition) is 2. The third kappa shape index (κ3) is 5.38. The molecule has 188 valence electrons. The topological polar surface area (TPSA) is 106 Å². The van der Waals surface area contributed by atoms with Gasteiger partial charge in [-0.05, 0) is 43.4 Å². The van der Waals surface area contributed by atoms with Crippen molar-refractivity contribution in [2.75, 3.05) is 5.32 Å². The average molecular weight is 523 g/mol.